The van der Waals surface area contributed by atoms with E-state index >= 15 is 0 Å². The predicted octanol–water partition coefficient (Wildman–Crippen LogP) is 0.999. The second-order valence-electron chi connectivity index (χ2n) is 5.20. The zero-order valence-electron chi connectivity index (χ0n) is 12.1. The predicted molar refractivity (Wildman–Crippen MR) is 78.4 cm³/mol. The molecule has 0 saturated heterocycles. The summed E-state index contributed by atoms with van der Waals surface area (Å²) in [4.78, 5) is 10.7. The third-order valence-electron chi connectivity index (χ3n) is 3.14. The van der Waals surface area contributed by atoms with Gasteiger partial charge in [0.25, 0.3) is 0 Å². The molecular weight excluding hydrogens is 294 g/mol. The fraction of sp³-hybridized carbons (Fsp3) is 0.500. The number of aliphatic hydroxyl groups is 1. The lowest BCUT2D eigenvalue weighted by molar-refractivity contribution is -0.136. The van der Waals surface area contributed by atoms with E-state index in [4.69, 9.17) is 10.2 Å². The SMILES string of the molecule is CC(C)C(CCO)NS(=O)(=O)c1ccc(CC(=O)O)cc1. The molecule has 0 aromatic heterocycles. The topological polar surface area (TPSA) is 104 Å². The Morgan fingerprint density at radius 3 is 2.24 bits per heavy atom. The summed E-state index contributed by atoms with van der Waals surface area (Å²) in [5.41, 5.74) is 0.539. The second-order valence-corrected chi connectivity index (χ2v) is 6.91. The number of hydrogen-bond acceptors (Lipinski definition) is 4. The Kier molecular flexibility index (Phi) is 6.32. The third-order valence-corrected chi connectivity index (χ3v) is 4.65. The van der Waals surface area contributed by atoms with Crippen LogP contribution in [0, 0.1) is 5.92 Å². The first-order valence-electron chi connectivity index (χ1n) is 6.70. The third kappa shape index (κ3) is 5.45. The van der Waals surface area contributed by atoms with Crippen LogP contribution in [0.5, 0.6) is 0 Å². The van der Waals surface area contributed by atoms with Crippen molar-refractivity contribution < 1.29 is 23.4 Å². The number of sulfonamides is 1. The lowest BCUT2D eigenvalue weighted by Crippen LogP contribution is -2.39. The molecule has 0 spiro atoms. The zero-order chi connectivity index (χ0) is 16.0. The van der Waals surface area contributed by atoms with Crippen LogP contribution in [0.2, 0.25) is 0 Å². The molecule has 3 N–H and O–H groups in total. The number of aliphatic carboxylic acids is 1. The van der Waals surface area contributed by atoms with Gasteiger partial charge in [-0.15, -0.1) is 0 Å². The molecule has 0 aliphatic rings. The summed E-state index contributed by atoms with van der Waals surface area (Å²) in [6.45, 7) is 3.65. The molecule has 7 heteroatoms. The van der Waals surface area contributed by atoms with Crippen LogP contribution in [0.1, 0.15) is 25.8 Å². The summed E-state index contributed by atoms with van der Waals surface area (Å²) in [5, 5.41) is 17.7. The number of rotatable bonds is 8. The Morgan fingerprint density at radius 1 is 1.24 bits per heavy atom. The summed E-state index contributed by atoms with van der Waals surface area (Å²) in [7, 11) is -3.68. The van der Waals surface area contributed by atoms with Gasteiger partial charge in [0.2, 0.25) is 10.0 Å². The number of hydrogen-bond donors (Lipinski definition) is 3. The average Bonchev–Trinajstić information content (AvgIpc) is 2.37. The Balaban J connectivity index is 2.89. The highest BCUT2D eigenvalue weighted by Crippen LogP contribution is 2.14. The number of benzene rings is 1. The molecule has 21 heavy (non-hydrogen) atoms. The van der Waals surface area contributed by atoms with E-state index < -0.39 is 16.0 Å². The van der Waals surface area contributed by atoms with Gasteiger partial charge in [0.05, 0.1) is 11.3 Å². The van der Waals surface area contributed by atoms with Crippen molar-refractivity contribution in [3.63, 3.8) is 0 Å². The summed E-state index contributed by atoms with van der Waals surface area (Å²) >= 11 is 0. The lowest BCUT2D eigenvalue weighted by Gasteiger charge is -2.21. The molecule has 1 aromatic carbocycles. The van der Waals surface area contributed by atoms with Crippen LogP contribution in [-0.4, -0.2) is 37.2 Å². The summed E-state index contributed by atoms with van der Waals surface area (Å²) in [5.74, 6) is -0.912. The number of carboxylic acids is 1. The Labute approximate surface area is 124 Å². The van der Waals surface area contributed by atoms with Gasteiger partial charge in [-0.2, -0.15) is 0 Å². The Bertz CT molecular complexity index is 566. The molecule has 0 heterocycles. The van der Waals surface area contributed by atoms with Gasteiger partial charge in [-0.25, -0.2) is 13.1 Å². The van der Waals surface area contributed by atoms with E-state index in [1.807, 2.05) is 13.8 Å². The maximum Gasteiger partial charge on any atom is 0.307 e. The maximum atomic E-state index is 12.2. The molecule has 0 fully saturated rings. The minimum atomic E-state index is -3.68. The van der Waals surface area contributed by atoms with E-state index in [0.29, 0.717) is 12.0 Å². The van der Waals surface area contributed by atoms with E-state index in [0.717, 1.165) is 0 Å². The largest absolute Gasteiger partial charge is 0.481 e. The normalized spacial score (nSPS) is 13.3. The molecular formula is C14H21NO5S. The monoisotopic (exact) mass is 315 g/mol. The van der Waals surface area contributed by atoms with Gasteiger partial charge < -0.3 is 10.2 Å². The van der Waals surface area contributed by atoms with Crippen LogP contribution in [0.15, 0.2) is 29.2 Å². The van der Waals surface area contributed by atoms with E-state index in [2.05, 4.69) is 4.72 Å². The van der Waals surface area contributed by atoms with Crippen LogP contribution in [-0.2, 0) is 21.2 Å². The maximum absolute atomic E-state index is 12.2. The van der Waals surface area contributed by atoms with Crippen molar-refractivity contribution in [1.29, 1.82) is 0 Å². The van der Waals surface area contributed by atoms with Crippen molar-refractivity contribution >= 4 is 16.0 Å². The highest BCUT2D eigenvalue weighted by atomic mass is 32.2. The number of nitrogens with one attached hydrogen (secondary N) is 1. The van der Waals surface area contributed by atoms with Gasteiger partial charge in [-0.1, -0.05) is 26.0 Å². The van der Waals surface area contributed by atoms with Gasteiger partial charge in [0.1, 0.15) is 0 Å². The van der Waals surface area contributed by atoms with Crippen LogP contribution in [0.3, 0.4) is 0 Å². The van der Waals surface area contributed by atoms with E-state index in [-0.39, 0.29) is 29.9 Å². The van der Waals surface area contributed by atoms with Gasteiger partial charge in [-0.3, -0.25) is 4.79 Å². The Morgan fingerprint density at radius 2 is 1.81 bits per heavy atom. The minimum absolute atomic E-state index is 0.0539. The first-order valence-corrected chi connectivity index (χ1v) is 8.18. The summed E-state index contributed by atoms with van der Waals surface area (Å²) in [6, 6.07) is 5.39. The van der Waals surface area contributed by atoms with Crippen LogP contribution in [0.25, 0.3) is 0 Å². The van der Waals surface area contributed by atoms with Gasteiger partial charge in [0, 0.05) is 12.6 Å². The van der Waals surface area contributed by atoms with E-state index in [9.17, 15) is 13.2 Å². The van der Waals surface area contributed by atoms with E-state index in [1.165, 1.54) is 24.3 Å². The van der Waals surface area contributed by atoms with Crippen molar-refractivity contribution in [2.24, 2.45) is 5.92 Å². The van der Waals surface area contributed by atoms with E-state index in [1.54, 1.807) is 0 Å². The molecule has 0 saturated carbocycles. The van der Waals surface area contributed by atoms with Gasteiger partial charge in [0.15, 0.2) is 0 Å². The van der Waals surface area contributed by atoms with Crippen molar-refractivity contribution in [3.8, 4) is 0 Å². The summed E-state index contributed by atoms with van der Waals surface area (Å²) < 4.78 is 27.1. The fourth-order valence-corrected chi connectivity index (χ4v) is 3.31. The van der Waals surface area contributed by atoms with Crippen LogP contribution >= 0.6 is 0 Å². The molecule has 1 rings (SSSR count). The van der Waals surface area contributed by atoms with Gasteiger partial charge in [-0.05, 0) is 30.0 Å². The van der Waals surface area contributed by atoms with Crippen molar-refractivity contribution in [2.45, 2.75) is 37.6 Å². The molecule has 0 aliphatic carbocycles. The molecule has 6 nitrogen and oxygen atoms in total. The van der Waals surface area contributed by atoms with Crippen LogP contribution < -0.4 is 4.72 Å². The first-order chi connectivity index (χ1) is 9.76. The second kappa shape index (κ2) is 7.53. The highest BCUT2D eigenvalue weighted by molar-refractivity contribution is 7.89. The first kappa shape index (κ1) is 17.6. The Hall–Kier alpha value is -1.44. The standard InChI is InChI=1S/C14H21NO5S/c1-10(2)13(7-8-16)15-21(19,20)12-5-3-11(4-6-12)9-14(17)18/h3-6,10,13,15-16H,7-9H2,1-2H3,(H,17,18). The smallest absolute Gasteiger partial charge is 0.307 e. The molecule has 0 bridgehead atoms. The van der Waals surface area contributed by atoms with Crippen molar-refractivity contribution in [1.82, 2.24) is 4.72 Å². The molecule has 1 atom stereocenters. The average molecular weight is 315 g/mol. The highest BCUT2D eigenvalue weighted by Gasteiger charge is 2.22. The van der Waals surface area contributed by atoms with Crippen molar-refractivity contribution in [3.05, 3.63) is 29.8 Å². The lowest BCUT2D eigenvalue weighted by atomic mass is 10.0. The zero-order valence-corrected chi connectivity index (χ0v) is 12.9. The quantitative estimate of drug-likeness (QED) is 0.664. The molecule has 0 amide bonds. The molecule has 0 aliphatic heterocycles. The van der Waals surface area contributed by atoms with Gasteiger partial charge >= 0.3 is 5.97 Å². The van der Waals surface area contributed by atoms with Crippen LogP contribution in [0.4, 0.5) is 0 Å². The molecule has 1 aromatic rings. The molecule has 118 valence electrons. The molecule has 0 radical (unpaired) electrons. The number of carboxylic acid groups (broad SMARTS) is 1. The summed E-state index contributed by atoms with van der Waals surface area (Å²) in [6.07, 6.45) is 0.195. The molecule has 1 unspecified atom stereocenters. The number of carbonyl (C=O) groups is 1. The van der Waals surface area contributed by atoms with Crippen molar-refractivity contribution in [2.75, 3.05) is 6.61 Å². The number of aliphatic hydroxyl groups excluding tert-OH is 1. The minimum Gasteiger partial charge on any atom is -0.481 e. The fourth-order valence-electron chi connectivity index (χ4n) is 1.90.